The third kappa shape index (κ3) is 60.9. The molecule has 6 nitrogen and oxygen atoms in total. The number of amides is 1. The molecule has 0 heterocycles. The fourth-order valence-corrected chi connectivity index (χ4v) is 10.2. The Bertz CT molecular complexity index is 1260. The number of carbonyl (C=O) groups is 2. The first kappa shape index (κ1) is 72.8. The number of ether oxygens (including phenoxy) is 1. The van der Waals surface area contributed by atoms with E-state index < -0.39 is 12.1 Å². The van der Waals surface area contributed by atoms with Crippen molar-refractivity contribution in [2.75, 3.05) is 13.2 Å². The third-order valence-corrected chi connectivity index (χ3v) is 15.3. The van der Waals surface area contributed by atoms with Gasteiger partial charge in [0.05, 0.1) is 25.4 Å². The van der Waals surface area contributed by atoms with Gasteiger partial charge in [-0.25, -0.2) is 0 Å². The lowest BCUT2D eigenvalue weighted by Crippen LogP contribution is -2.45. The fourth-order valence-electron chi connectivity index (χ4n) is 10.2. The Morgan fingerprint density at radius 1 is 0.373 bits per heavy atom. The highest BCUT2D eigenvalue weighted by Crippen LogP contribution is 2.17. The maximum atomic E-state index is 12.5. The molecule has 0 rings (SSSR count). The molecule has 0 aromatic heterocycles. The van der Waals surface area contributed by atoms with Gasteiger partial charge >= 0.3 is 5.97 Å². The molecule has 0 radical (unpaired) electrons. The summed E-state index contributed by atoms with van der Waals surface area (Å²) in [7, 11) is 0. The molecule has 0 aliphatic rings. The van der Waals surface area contributed by atoms with Crippen molar-refractivity contribution in [2.45, 2.75) is 366 Å². The Morgan fingerprint density at radius 3 is 1.05 bits per heavy atom. The number of rotatable bonds is 62. The van der Waals surface area contributed by atoms with Gasteiger partial charge in [-0.05, 0) is 89.9 Å². The van der Waals surface area contributed by atoms with E-state index in [1.165, 1.54) is 270 Å². The van der Waals surface area contributed by atoms with Crippen LogP contribution in [0.3, 0.4) is 0 Å². The Morgan fingerprint density at radius 2 is 0.667 bits per heavy atom. The van der Waals surface area contributed by atoms with E-state index in [4.69, 9.17) is 4.74 Å². The maximum absolute atomic E-state index is 12.5. The number of allylic oxidation sites excluding steroid dienone is 7. The van der Waals surface area contributed by atoms with E-state index in [1.54, 1.807) is 6.08 Å². The van der Waals surface area contributed by atoms with Crippen molar-refractivity contribution in [1.82, 2.24) is 5.32 Å². The second-order valence-corrected chi connectivity index (χ2v) is 22.8. The first-order chi connectivity index (χ1) is 37.0. The van der Waals surface area contributed by atoms with Crippen LogP contribution >= 0.6 is 0 Å². The van der Waals surface area contributed by atoms with Crippen molar-refractivity contribution in [2.24, 2.45) is 0 Å². The summed E-state index contributed by atoms with van der Waals surface area (Å²) in [6.45, 7) is 4.89. The molecule has 1 amide bonds. The van der Waals surface area contributed by atoms with Crippen molar-refractivity contribution in [3.8, 4) is 0 Å². The summed E-state index contributed by atoms with van der Waals surface area (Å²) in [5.41, 5.74) is 0. The lowest BCUT2D eigenvalue weighted by Gasteiger charge is -2.20. The van der Waals surface area contributed by atoms with Gasteiger partial charge in [0.2, 0.25) is 5.91 Å². The third-order valence-electron chi connectivity index (χ3n) is 15.3. The average Bonchev–Trinajstić information content (AvgIpc) is 3.41. The summed E-state index contributed by atoms with van der Waals surface area (Å²) in [6.07, 6.45) is 83.0. The van der Waals surface area contributed by atoms with Crippen LogP contribution in [-0.2, 0) is 14.3 Å². The molecule has 0 saturated carbocycles. The molecule has 440 valence electrons. The molecule has 2 atom stereocenters. The zero-order valence-electron chi connectivity index (χ0n) is 50.3. The predicted octanol–water partition coefficient (Wildman–Crippen LogP) is 21.3. The van der Waals surface area contributed by atoms with Gasteiger partial charge in [-0.3, -0.25) is 9.59 Å². The maximum Gasteiger partial charge on any atom is 0.305 e. The van der Waals surface area contributed by atoms with Crippen LogP contribution in [0.15, 0.2) is 48.6 Å². The summed E-state index contributed by atoms with van der Waals surface area (Å²) >= 11 is 0. The molecule has 0 aliphatic heterocycles. The first-order valence-electron chi connectivity index (χ1n) is 33.4. The first-order valence-corrected chi connectivity index (χ1v) is 33.4. The van der Waals surface area contributed by atoms with Crippen LogP contribution in [0.4, 0.5) is 0 Å². The molecule has 0 fully saturated rings. The normalized spacial score (nSPS) is 12.9. The number of hydrogen-bond donors (Lipinski definition) is 3. The molecule has 3 N–H and O–H groups in total. The van der Waals surface area contributed by atoms with Gasteiger partial charge in [0.15, 0.2) is 0 Å². The summed E-state index contributed by atoms with van der Waals surface area (Å²) in [5.74, 6) is -0.0677. The van der Waals surface area contributed by atoms with Crippen molar-refractivity contribution < 1.29 is 24.5 Å². The van der Waals surface area contributed by atoms with Crippen LogP contribution in [0.25, 0.3) is 0 Å². The second-order valence-electron chi connectivity index (χ2n) is 22.8. The van der Waals surface area contributed by atoms with Gasteiger partial charge in [0.1, 0.15) is 0 Å². The van der Waals surface area contributed by atoms with Crippen LogP contribution in [0.2, 0.25) is 0 Å². The molecule has 0 saturated heterocycles. The van der Waals surface area contributed by atoms with Crippen LogP contribution in [0.1, 0.15) is 354 Å². The van der Waals surface area contributed by atoms with E-state index in [9.17, 15) is 19.8 Å². The average molecular weight is 1050 g/mol. The second kappa shape index (κ2) is 64.3. The van der Waals surface area contributed by atoms with Crippen LogP contribution < -0.4 is 5.32 Å². The number of nitrogens with one attached hydrogen (secondary N) is 1. The quantitative estimate of drug-likeness (QED) is 0.0320. The van der Waals surface area contributed by atoms with Crippen LogP contribution in [-0.4, -0.2) is 47.4 Å². The zero-order valence-corrected chi connectivity index (χ0v) is 50.3. The van der Waals surface area contributed by atoms with Gasteiger partial charge in [0.25, 0.3) is 0 Å². The van der Waals surface area contributed by atoms with Gasteiger partial charge in [0, 0.05) is 12.8 Å². The zero-order chi connectivity index (χ0) is 54.3. The van der Waals surface area contributed by atoms with Gasteiger partial charge in [-0.2, -0.15) is 0 Å². The highest BCUT2D eigenvalue weighted by Gasteiger charge is 2.18. The minimum Gasteiger partial charge on any atom is -0.466 e. The monoisotopic (exact) mass is 1050 g/mol. The lowest BCUT2D eigenvalue weighted by molar-refractivity contribution is -0.143. The number of aliphatic hydroxyl groups is 2. The van der Waals surface area contributed by atoms with Crippen molar-refractivity contribution in [3.05, 3.63) is 48.6 Å². The van der Waals surface area contributed by atoms with Crippen molar-refractivity contribution in [3.63, 3.8) is 0 Å². The van der Waals surface area contributed by atoms with E-state index in [2.05, 4.69) is 55.6 Å². The Balaban J connectivity index is 3.43. The standard InChI is InChI=1S/C69H129NO5/c1-3-5-7-9-11-13-15-17-19-21-26-31-35-39-43-47-51-55-59-63-69(74)75-64-60-56-52-48-44-40-36-32-28-25-23-22-24-27-30-34-38-42-46-50-54-58-62-68(73)70-66(65-71)67(72)61-57-53-49-45-41-37-33-29-20-18-16-14-12-10-8-6-4-2/h11,13,17,19,24,27,57,61,66-67,71-72H,3-10,12,14-16,18,20-23,25-26,28-56,58-60,62-65H2,1-2H3,(H,70,73)/b13-11-,19-17-,27-24-,61-57+. The Hall–Kier alpha value is -2.18. The Labute approximate surface area is 467 Å². The molecule has 0 aromatic carbocycles. The SMILES string of the molecule is CCCCC/C=C\C/C=C\CCCCCCCCCCCC(=O)OCCCCCCCCCCCCC/C=C\CCCCCCCCCC(=O)NC(CO)C(O)/C=C/CCCCCCCCCCCCCCCCC. The molecule has 75 heavy (non-hydrogen) atoms. The largest absolute Gasteiger partial charge is 0.466 e. The predicted molar refractivity (Wildman–Crippen MR) is 329 cm³/mol. The minimum atomic E-state index is -0.850. The fraction of sp³-hybridized carbons (Fsp3) is 0.855. The van der Waals surface area contributed by atoms with Gasteiger partial charge < -0.3 is 20.3 Å². The highest BCUT2D eigenvalue weighted by atomic mass is 16.5. The van der Waals surface area contributed by atoms with Crippen LogP contribution in [0.5, 0.6) is 0 Å². The summed E-state index contributed by atoms with van der Waals surface area (Å²) in [5, 5.41) is 23.2. The van der Waals surface area contributed by atoms with E-state index in [-0.39, 0.29) is 18.5 Å². The molecule has 0 spiro atoms. The molecule has 2 unspecified atom stereocenters. The lowest BCUT2D eigenvalue weighted by atomic mass is 10.0. The number of carbonyl (C=O) groups excluding carboxylic acids is 2. The van der Waals surface area contributed by atoms with E-state index in [0.717, 1.165) is 57.8 Å². The molecule has 0 aliphatic carbocycles. The molecular formula is C69H129NO5. The van der Waals surface area contributed by atoms with E-state index >= 15 is 0 Å². The summed E-state index contributed by atoms with van der Waals surface area (Å²) in [4.78, 5) is 24.6. The number of unbranched alkanes of at least 4 members (excludes halogenated alkanes) is 45. The highest BCUT2D eigenvalue weighted by molar-refractivity contribution is 5.76. The Kier molecular flexibility index (Phi) is 62.5. The molecule has 0 aromatic rings. The molecule has 0 bridgehead atoms. The molecular weight excluding hydrogens is 923 g/mol. The van der Waals surface area contributed by atoms with Gasteiger partial charge in [-0.1, -0.05) is 300 Å². The van der Waals surface area contributed by atoms with Gasteiger partial charge in [-0.15, -0.1) is 0 Å². The van der Waals surface area contributed by atoms with E-state index in [1.807, 2.05) is 6.08 Å². The van der Waals surface area contributed by atoms with Crippen molar-refractivity contribution >= 4 is 11.9 Å². The number of esters is 1. The smallest absolute Gasteiger partial charge is 0.305 e. The summed E-state index contributed by atoms with van der Waals surface area (Å²) in [6, 6.07) is -0.634. The molecule has 6 heteroatoms. The van der Waals surface area contributed by atoms with Crippen molar-refractivity contribution in [1.29, 1.82) is 0 Å². The minimum absolute atomic E-state index is 0.00566. The van der Waals surface area contributed by atoms with Crippen LogP contribution in [0, 0.1) is 0 Å². The number of hydrogen-bond acceptors (Lipinski definition) is 5. The number of aliphatic hydroxyl groups excluding tert-OH is 2. The van der Waals surface area contributed by atoms with E-state index in [0.29, 0.717) is 19.4 Å². The summed E-state index contributed by atoms with van der Waals surface area (Å²) < 4.78 is 5.50. The topological polar surface area (TPSA) is 95.9 Å².